The third kappa shape index (κ3) is 3.23. The molecule has 0 saturated carbocycles. The van der Waals surface area contributed by atoms with E-state index in [-0.39, 0.29) is 0 Å². The molecule has 4 rings (SSSR count). The molecule has 0 amide bonds. The van der Waals surface area contributed by atoms with Crippen LogP contribution in [0.2, 0.25) is 0 Å². The van der Waals surface area contributed by atoms with Crippen molar-refractivity contribution in [3.63, 3.8) is 0 Å². The van der Waals surface area contributed by atoms with Gasteiger partial charge in [-0.2, -0.15) is 0 Å². The maximum absolute atomic E-state index is 10.1. The second-order valence-electron chi connectivity index (χ2n) is 6.97. The second-order valence-corrected chi connectivity index (χ2v) is 6.97. The Morgan fingerprint density at radius 1 is 1.19 bits per heavy atom. The zero-order valence-corrected chi connectivity index (χ0v) is 14.8. The van der Waals surface area contributed by atoms with Gasteiger partial charge in [-0.15, -0.1) is 5.10 Å². The molecule has 0 aliphatic heterocycles. The quantitative estimate of drug-likeness (QED) is 0.580. The molecule has 0 fully saturated rings. The lowest BCUT2D eigenvalue weighted by molar-refractivity contribution is 0.0739. The molecule has 0 radical (unpaired) electrons. The summed E-state index contributed by atoms with van der Waals surface area (Å²) in [4.78, 5) is 7.53. The molecule has 0 bridgehead atoms. The van der Waals surface area contributed by atoms with Crippen LogP contribution in [0.15, 0.2) is 55.0 Å². The zero-order valence-electron chi connectivity index (χ0n) is 14.8. The summed E-state index contributed by atoms with van der Waals surface area (Å²) in [6.07, 6.45) is 6.55. The highest BCUT2D eigenvalue weighted by atomic mass is 16.3. The number of hydrogen-bond donors (Lipinski definition) is 2. The summed E-state index contributed by atoms with van der Waals surface area (Å²) < 4.78 is 1.85. The van der Waals surface area contributed by atoms with E-state index in [9.17, 15) is 5.11 Å². The van der Waals surface area contributed by atoms with Gasteiger partial charge in [0.05, 0.1) is 11.9 Å². The molecule has 0 aliphatic rings. The summed E-state index contributed by atoms with van der Waals surface area (Å²) in [7, 11) is 0. The Balaban J connectivity index is 1.52. The Labute approximate surface area is 151 Å². The number of nitrogens with one attached hydrogen (secondary N) is 1. The van der Waals surface area contributed by atoms with Crippen molar-refractivity contribution in [2.24, 2.45) is 0 Å². The molecular weight excluding hydrogens is 326 g/mol. The van der Waals surface area contributed by atoms with Crippen molar-refractivity contribution in [3.8, 4) is 11.3 Å². The van der Waals surface area contributed by atoms with Crippen molar-refractivity contribution in [3.05, 3.63) is 66.2 Å². The average molecular weight is 347 g/mol. The van der Waals surface area contributed by atoms with Gasteiger partial charge in [-0.05, 0) is 44.0 Å². The fraction of sp³-hybridized carbons (Fsp3) is 0.250. The van der Waals surface area contributed by atoms with Crippen LogP contribution in [0.3, 0.4) is 0 Å². The van der Waals surface area contributed by atoms with Crippen LogP contribution in [-0.4, -0.2) is 30.1 Å². The number of aromatic amines is 1. The Bertz CT molecular complexity index is 1040. The van der Waals surface area contributed by atoms with E-state index >= 15 is 0 Å². The topological polar surface area (TPSA) is 79.6 Å². The highest BCUT2D eigenvalue weighted by Gasteiger charge is 2.18. The first-order chi connectivity index (χ1) is 12.5. The highest BCUT2D eigenvalue weighted by Crippen LogP contribution is 2.23. The van der Waals surface area contributed by atoms with Gasteiger partial charge < -0.3 is 10.1 Å². The van der Waals surface area contributed by atoms with E-state index in [2.05, 4.69) is 44.7 Å². The van der Waals surface area contributed by atoms with Crippen LogP contribution in [0.1, 0.15) is 25.1 Å². The number of H-pyrrole nitrogens is 1. The van der Waals surface area contributed by atoms with Crippen molar-refractivity contribution in [1.29, 1.82) is 0 Å². The Hall–Kier alpha value is -2.99. The SMILES string of the molecule is CC(C)(O)c1cc(-c2cn(CCc3c[nH]c4ccccc34)nn2)ccn1. The molecule has 0 saturated heterocycles. The molecule has 0 spiro atoms. The van der Waals surface area contributed by atoms with Crippen molar-refractivity contribution in [2.75, 3.05) is 0 Å². The van der Waals surface area contributed by atoms with Gasteiger partial charge in [-0.3, -0.25) is 9.67 Å². The number of aliphatic hydroxyl groups is 1. The minimum Gasteiger partial charge on any atom is -0.384 e. The van der Waals surface area contributed by atoms with Crippen molar-refractivity contribution >= 4 is 10.9 Å². The first-order valence-corrected chi connectivity index (χ1v) is 8.65. The fourth-order valence-electron chi connectivity index (χ4n) is 3.04. The van der Waals surface area contributed by atoms with Gasteiger partial charge in [0.15, 0.2) is 0 Å². The number of rotatable bonds is 5. The molecule has 3 heterocycles. The van der Waals surface area contributed by atoms with Gasteiger partial charge in [0.1, 0.15) is 11.3 Å². The molecule has 2 N–H and O–H groups in total. The van der Waals surface area contributed by atoms with Crippen LogP contribution in [-0.2, 0) is 18.6 Å². The van der Waals surface area contributed by atoms with Crippen molar-refractivity contribution in [1.82, 2.24) is 25.0 Å². The number of benzene rings is 1. The van der Waals surface area contributed by atoms with E-state index < -0.39 is 5.60 Å². The number of fused-ring (bicyclic) bond motifs is 1. The number of hydrogen-bond acceptors (Lipinski definition) is 4. The van der Waals surface area contributed by atoms with Gasteiger partial charge in [-0.1, -0.05) is 23.4 Å². The number of pyridine rings is 1. The molecule has 132 valence electrons. The molecule has 6 heteroatoms. The molecule has 6 nitrogen and oxygen atoms in total. The van der Waals surface area contributed by atoms with Crippen LogP contribution < -0.4 is 0 Å². The lowest BCUT2D eigenvalue weighted by Gasteiger charge is -2.16. The third-order valence-electron chi connectivity index (χ3n) is 4.51. The molecule has 0 unspecified atom stereocenters. The first-order valence-electron chi connectivity index (χ1n) is 8.65. The number of para-hydroxylation sites is 1. The average Bonchev–Trinajstić information content (AvgIpc) is 3.26. The Kier molecular flexibility index (Phi) is 4.05. The molecule has 4 aromatic rings. The molecule has 0 aliphatic carbocycles. The largest absolute Gasteiger partial charge is 0.384 e. The molecule has 3 aromatic heterocycles. The minimum absolute atomic E-state index is 0.614. The minimum atomic E-state index is -0.985. The predicted octanol–water partition coefficient (Wildman–Crippen LogP) is 3.29. The van der Waals surface area contributed by atoms with Crippen LogP contribution >= 0.6 is 0 Å². The standard InChI is InChI=1S/C20H21N5O/c1-20(2,26)19-11-14(7-9-21-19)18-13-25(24-23-18)10-8-15-12-22-17-6-4-3-5-16(15)17/h3-7,9,11-13,22,26H,8,10H2,1-2H3. The van der Waals surface area contributed by atoms with Gasteiger partial charge in [0, 0.05) is 35.4 Å². The predicted molar refractivity (Wildman–Crippen MR) is 101 cm³/mol. The first kappa shape index (κ1) is 16.5. The maximum Gasteiger partial charge on any atom is 0.113 e. The number of aryl methyl sites for hydroxylation is 2. The lowest BCUT2D eigenvalue weighted by Crippen LogP contribution is -2.17. The maximum atomic E-state index is 10.1. The number of aromatic nitrogens is 5. The summed E-state index contributed by atoms with van der Waals surface area (Å²) >= 11 is 0. The Morgan fingerprint density at radius 2 is 2.04 bits per heavy atom. The molecule has 26 heavy (non-hydrogen) atoms. The second kappa shape index (κ2) is 6.38. The van der Waals surface area contributed by atoms with E-state index in [1.807, 2.05) is 29.1 Å². The summed E-state index contributed by atoms with van der Waals surface area (Å²) in [6, 6.07) is 12.0. The van der Waals surface area contributed by atoms with Crippen LogP contribution in [0.5, 0.6) is 0 Å². The molecule has 0 atom stereocenters. The van der Waals surface area contributed by atoms with E-state index in [0.29, 0.717) is 5.69 Å². The van der Waals surface area contributed by atoms with E-state index in [4.69, 9.17) is 0 Å². The van der Waals surface area contributed by atoms with Gasteiger partial charge in [0.2, 0.25) is 0 Å². The zero-order chi connectivity index (χ0) is 18.1. The summed E-state index contributed by atoms with van der Waals surface area (Å²) in [5.74, 6) is 0. The molecule has 1 aromatic carbocycles. The van der Waals surface area contributed by atoms with Gasteiger partial charge in [-0.25, -0.2) is 0 Å². The van der Waals surface area contributed by atoms with Crippen molar-refractivity contribution in [2.45, 2.75) is 32.4 Å². The van der Waals surface area contributed by atoms with E-state index in [1.165, 1.54) is 10.9 Å². The third-order valence-corrected chi connectivity index (χ3v) is 4.51. The highest BCUT2D eigenvalue weighted by molar-refractivity contribution is 5.83. The smallest absolute Gasteiger partial charge is 0.113 e. The fourth-order valence-corrected chi connectivity index (χ4v) is 3.04. The van der Waals surface area contributed by atoms with E-state index in [0.717, 1.165) is 29.7 Å². The Morgan fingerprint density at radius 3 is 2.88 bits per heavy atom. The summed E-state index contributed by atoms with van der Waals surface area (Å²) in [5, 5.41) is 19.9. The summed E-state index contributed by atoms with van der Waals surface area (Å²) in [6.45, 7) is 4.19. The van der Waals surface area contributed by atoms with E-state index in [1.54, 1.807) is 20.0 Å². The van der Waals surface area contributed by atoms with Gasteiger partial charge in [0.25, 0.3) is 0 Å². The van der Waals surface area contributed by atoms with Crippen LogP contribution in [0.25, 0.3) is 22.2 Å². The lowest BCUT2D eigenvalue weighted by atomic mass is 10.0. The van der Waals surface area contributed by atoms with Crippen LogP contribution in [0.4, 0.5) is 0 Å². The monoisotopic (exact) mass is 347 g/mol. The molecular formula is C20H21N5O. The number of nitrogens with zero attached hydrogens (tertiary/aromatic N) is 4. The van der Waals surface area contributed by atoms with Crippen LogP contribution in [0, 0.1) is 0 Å². The normalized spacial score (nSPS) is 12.0. The van der Waals surface area contributed by atoms with Gasteiger partial charge >= 0.3 is 0 Å². The summed E-state index contributed by atoms with van der Waals surface area (Å²) in [5.41, 5.74) is 3.72. The van der Waals surface area contributed by atoms with Crippen molar-refractivity contribution < 1.29 is 5.11 Å².